The summed E-state index contributed by atoms with van der Waals surface area (Å²) in [5.74, 6) is -0.324. The highest BCUT2D eigenvalue weighted by Crippen LogP contribution is 2.10. The van der Waals surface area contributed by atoms with Crippen molar-refractivity contribution in [1.29, 1.82) is 0 Å². The first-order valence-corrected chi connectivity index (χ1v) is 6.39. The summed E-state index contributed by atoms with van der Waals surface area (Å²) in [5, 5.41) is 6.52. The van der Waals surface area contributed by atoms with Gasteiger partial charge >= 0.3 is 5.97 Å². The molecule has 0 saturated heterocycles. The maximum absolute atomic E-state index is 11.5. The first-order valence-electron chi connectivity index (χ1n) is 5.98. The number of nitrogens with one attached hydrogen (secondary N) is 2. The second kappa shape index (κ2) is 8.44. The fraction of sp³-hybridized carbons (Fsp3) is 0.385. The summed E-state index contributed by atoms with van der Waals surface area (Å²) in [6.45, 7) is 3.37. The third-order valence-electron chi connectivity index (χ3n) is 2.25. The predicted octanol–water partition coefficient (Wildman–Crippen LogP) is 1.80. The number of rotatable bonds is 6. The molecule has 0 unspecified atom stereocenters. The molecule has 0 bridgehead atoms. The van der Waals surface area contributed by atoms with Gasteiger partial charge in [0.25, 0.3) is 0 Å². The highest BCUT2D eigenvalue weighted by Gasteiger charge is 2.05. The summed E-state index contributed by atoms with van der Waals surface area (Å²) in [7, 11) is 1.63. The lowest BCUT2D eigenvalue weighted by Crippen LogP contribution is -2.31. The van der Waals surface area contributed by atoms with Crippen LogP contribution in [0.3, 0.4) is 0 Å². The average molecular weight is 282 g/mol. The standard InChI is InChI=1S/C13H18N2O3S/c1-3-18-12(16)10-4-6-11(7-5-10)15-13(19)14-8-9-17-2/h4-7H,3,8-9H2,1-2H3,(H2,14,15,19). The molecule has 0 radical (unpaired) electrons. The number of methoxy groups -OCH3 is 1. The highest BCUT2D eigenvalue weighted by atomic mass is 32.1. The molecule has 0 atom stereocenters. The van der Waals surface area contributed by atoms with Crippen molar-refractivity contribution in [2.75, 3.05) is 32.2 Å². The van der Waals surface area contributed by atoms with Gasteiger partial charge in [0.05, 0.1) is 18.8 Å². The van der Waals surface area contributed by atoms with Gasteiger partial charge in [0, 0.05) is 19.3 Å². The van der Waals surface area contributed by atoms with Crippen molar-refractivity contribution in [3.05, 3.63) is 29.8 Å². The molecule has 0 fully saturated rings. The van der Waals surface area contributed by atoms with Crippen LogP contribution in [0.2, 0.25) is 0 Å². The van der Waals surface area contributed by atoms with Gasteiger partial charge in [-0.2, -0.15) is 0 Å². The van der Waals surface area contributed by atoms with E-state index in [0.717, 1.165) is 5.69 Å². The topological polar surface area (TPSA) is 59.6 Å². The number of benzene rings is 1. The van der Waals surface area contributed by atoms with Crippen LogP contribution >= 0.6 is 12.2 Å². The molecule has 0 aromatic heterocycles. The van der Waals surface area contributed by atoms with Crippen LogP contribution in [0.5, 0.6) is 0 Å². The molecule has 0 saturated carbocycles. The van der Waals surface area contributed by atoms with E-state index < -0.39 is 0 Å². The van der Waals surface area contributed by atoms with Gasteiger partial charge in [0.1, 0.15) is 0 Å². The molecule has 0 aliphatic rings. The normalized spacial score (nSPS) is 9.79. The van der Waals surface area contributed by atoms with E-state index in [4.69, 9.17) is 21.7 Å². The van der Waals surface area contributed by atoms with Crippen LogP contribution in [-0.4, -0.2) is 38.0 Å². The molecule has 0 amide bonds. The van der Waals surface area contributed by atoms with Crippen LogP contribution < -0.4 is 10.6 Å². The molecule has 0 aliphatic heterocycles. The maximum Gasteiger partial charge on any atom is 0.338 e. The third kappa shape index (κ3) is 5.67. The second-order valence-corrected chi connectivity index (χ2v) is 4.08. The lowest BCUT2D eigenvalue weighted by Gasteiger charge is -2.10. The van der Waals surface area contributed by atoms with Gasteiger partial charge in [-0.05, 0) is 43.4 Å². The van der Waals surface area contributed by atoms with E-state index in [1.54, 1.807) is 38.3 Å². The van der Waals surface area contributed by atoms with Gasteiger partial charge in [0.15, 0.2) is 5.11 Å². The number of esters is 1. The monoisotopic (exact) mass is 282 g/mol. The number of ether oxygens (including phenoxy) is 2. The van der Waals surface area contributed by atoms with E-state index in [0.29, 0.717) is 30.4 Å². The summed E-state index contributed by atoms with van der Waals surface area (Å²) >= 11 is 5.11. The molecular formula is C13H18N2O3S. The molecular weight excluding hydrogens is 264 g/mol. The fourth-order valence-corrected chi connectivity index (χ4v) is 1.57. The number of anilines is 1. The lowest BCUT2D eigenvalue weighted by molar-refractivity contribution is 0.0526. The van der Waals surface area contributed by atoms with Crippen LogP contribution in [-0.2, 0) is 9.47 Å². The van der Waals surface area contributed by atoms with Gasteiger partial charge in [-0.25, -0.2) is 4.79 Å². The Kier molecular flexibility index (Phi) is 6.84. The Balaban J connectivity index is 2.47. The first-order chi connectivity index (χ1) is 9.17. The summed E-state index contributed by atoms with van der Waals surface area (Å²) in [6, 6.07) is 6.93. The van der Waals surface area contributed by atoms with Gasteiger partial charge in [-0.3, -0.25) is 0 Å². The smallest absolute Gasteiger partial charge is 0.338 e. The molecule has 1 aromatic rings. The number of hydrogen-bond acceptors (Lipinski definition) is 4. The zero-order valence-electron chi connectivity index (χ0n) is 11.1. The predicted molar refractivity (Wildman–Crippen MR) is 78.5 cm³/mol. The molecule has 0 spiro atoms. The van der Waals surface area contributed by atoms with Crippen LogP contribution in [0.15, 0.2) is 24.3 Å². The van der Waals surface area contributed by atoms with Crippen LogP contribution in [0.25, 0.3) is 0 Å². The lowest BCUT2D eigenvalue weighted by atomic mass is 10.2. The molecule has 0 heterocycles. The number of thiocarbonyl (C=S) groups is 1. The molecule has 0 aliphatic carbocycles. The molecule has 2 N–H and O–H groups in total. The minimum atomic E-state index is -0.324. The fourth-order valence-electron chi connectivity index (χ4n) is 1.35. The zero-order chi connectivity index (χ0) is 14.1. The average Bonchev–Trinajstić information content (AvgIpc) is 2.40. The van der Waals surface area contributed by atoms with E-state index in [9.17, 15) is 4.79 Å². The van der Waals surface area contributed by atoms with Crippen molar-refractivity contribution in [2.45, 2.75) is 6.92 Å². The van der Waals surface area contributed by atoms with Gasteiger partial charge < -0.3 is 20.1 Å². The zero-order valence-corrected chi connectivity index (χ0v) is 11.9. The van der Waals surface area contributed by atoms with Gasteiger partial charge in [-0.1, -0.05) is 0 Å². The maximum atomic E-state index is 11.5. The highest BCUT2D eigenvalue weighted by molar-refractivity contribution is 7.80. The van der Waals surface area contributed by atoms with Crippen molar-refractivity contribution >= 4 is 29.0 Å². The number of carbonyl (C=O) groups excluding carboxylic acids is 1. The van der Waals surface area contributed by atoms with E-state index >= 15 is 0 Å². The van der Waals surface area contributed by atoms with Crippen molar-refractivity contribution in [3.8, 4) is 0 Å². The van der Waals surface area contributed by atoms with Crippen LogP contribution in [0.1, 0.15) is 17.3 Å². The van der Waals surface area contributed by atoms with Crippen molar-refractivity contribution in [3.63, 3.8) is 0 Å². The molecule has 6 heteroatoms. The second-order valence-electron chi connectivity index (χ2n) is 3.67. The quantitative estimate of drug-likeness (QED) is 0.471. The molecule has 1 rings (SSSR count). The first kappa shape index (κ1) is 15.4. The Bertz CT molecular complexity index is 420. The van der Waals surface area contributed by atoms with Crippen molar-refractivity contribution in [2.24, 2.45) is 0 Å². The Morgan fingerprint density at radius 2 is 2.00 bits per heavy atom. The summed E-state index contributed by atoms with van der Waals surface area (Å²) < 4.78 is 9.81. The largest absolute Gasteiger partial charge is 0.462 e. The SMILES string of the molecule is CCOC(=O)c1ccc(NC(=S)NCCOC)cc1. The van der Waals surface area contributed by atoms with Crippen molar-refractivity contribution in [1.82, 2.24) is 5.32 Å². The van der Waals surface area contributed by atoms with Crippen molar-refractivity contribution < 1.29 is 14.3 Å². The summed E-state index contributed by atoms with van der Waals surface area (Å²) in [4.78, 5) is 11.5. The van der Waals surface area contributed by atoms with E-state index in [1.165, 1.54) is 0 Å². The molecule has 5 nitrogen and oxygen atoms in total. The number of hydrogen-bond donors (Lipinski definition) is 2. The molecule has 104 valence electrons. The summed E-state index contributed by atoms with van der Waals surface area (Å²) in [6.07, 6.45) is 0. The van der Waals surface area contributed by atoms with Gasteiger partial charge in [0.2, 0.25) is 0 Å². The Morgan fingerprint density at radius 3 is 2.58 bits per heavy atom. The van der Waals surface area contributed by atoms with Crippen LogP contribution in [0, 0.1) is 0 Å². The number of carbonyl (C=O) groups is 1. The summed E-state index contributed by atoms with van der Waals surface area (Å²) in [5.41, 5.74) is 1.33. The minimum Gasteiger partial charge on any atom is -0.462 e. The molecule has 1 aromatic carbocycles. The Morgan fingerprint density at radius 1 is 1.32 bits per heavy atom. The van der Waals surface area contributed by atoms with Gasteiger partial charge in [-0.15, -0.1) is 0 Å². The third-order valence-corrected chi connectivity index (χ3v) is 2.49. The van der Waals surface area contributed by atoms with Crippen LogP contribution in [0.4, 0.5) is 5.69 Å². The van der Waals surface area contributed by atoms with E-state index in [-0.39, 0.29) is 5.97 Å². The Labute approximate surface area is 118 Å². The molecule has 19 heavy (non-hydrogen) atoms. The Hall–Kier alpha value is -1.66. The minimum absolute atomic E-state index is 0.324. The van der Waals surface area contributed by atoms with E-state index in [2.05, 4.69) is 10.6 Å². The van der Waals surface area contributed by atoms with E-state index in [1.807, 2.05) is 0 Å².